The first-order chi connectivity index (χ1) is 9.97. The van der Waals surface area contributed by atoms with Gasteiger partial charge in [0.1, 0.15) is 12.2 Å². The molecule has 2 rings (SSSR count). The van der Waals surface area contributed by atoms with E-state index in [0.29, 0.717) is 18.2 Å². The average molecular weight is 288 g/mol. The molecular formula is C15H20N4O2. The van der Waals surface area contributed by atoms with E-state index in [0.717, 1.165) is 17.9 Å². The molecule has 1 N–H and O–H groups in total. The van der Waals surface area contributed by atoms with Gasteiger partial charge in [-0.3, -0.25) is 4.90 Å². The highest BCUT2D eigenvalue weighted by Gasteiger charge is 2.10. The lowest BCUT2D eigenvalue weighted by Crippen LogP contribution is -2.20. The van der Waals surface area contributed by atoms with Gasteiger partial charge in [0.05, 0.1) is 12.1 Å². The number of carbonyl (C=O) groups is 1. The SMILES string of the molecule is CC(C)n1cnnc1CN(C)Cc1ccc(C(=O)O)cc1. The zero-order chi connectivity index (χ0) is 15.4. The van der Waals surface area contributed by atoms with Crippen LogP contribution in [0.1, 0.15) is 41.6 Å². The molecule has 0 saturated heterocycles. The highest BCUT2D eigenvalue weighted by Crippen LogP contribution is 2.11. The van der Waals surface area contributed by atoms with E-state index in [9.17, 15) is 4.79 Å². The molecule has 2 aromatic rings. The van der Waals surface area contributed by atoms with Crippen LogP contribution in [0.25, 0.3) is 0 Å². The van der Waals surface area contributed by atoms with Crippen LogP contribution in [-0.2, 0) is 13.1 Å². The summed E-state index contributed by atoms with van der Waals surface area (Å²) in [6.07, 6.45) is 1.75. The summed E-state index contributed by atoms with van der Waals surface area (Å²) in [6.45, 7) is 5.61. The molecule has 0 spiro atoms. The molecule has 0 radical (unpaired) electrons. The molecule has 1 aromatic heterocycles. The zero-order valence-corrected chi connectivity index (χ0v) is 12.5. The van der Waals surface area contributed by atoms with Crippen molar-refractivity contribution in [3.05, 3.63) is 47.5 Å². The Morgan fingerprint density at radius 1 is 1.29 bits per heavy atom. The van der Waals surface area contributed by atoms with Crippen LogP contribution in [0.5, 0.6) is 0 Å². The third kappa shape index (κ3) is 3.88. The molecule has 1 aromatic carbocycles. The fourth-order valence-corrected chi connectivity index (χ4v) is 2.17. The maximum Gasteiger partial charge on any atom is 0.335 e. The first-order valence-corrected chi connectivity index (χ1v) is 6.86. The van der Waals surface area contributed by atoms with Gasteiger partial charge in [0.25, 0.3) is 0 Å². The molecule has 21 heavy (non-hydrogen) atoms. The highest BCUT2D eigenvalue weighted by molar-refractivity contribution is 5.87. The summed E-state index contributed by atoms with van der Waals surface area (Å²) in [4.78, 5) is 12.9. The van der Waals surface area contributed by atoms with Crippen LogP contribution in [0, 0.1) is 0 Å². The number of carboxylic acid groups (broad SMARTS) is 1. The molecule has 0 unspecified atom stereocenters. The molecule has 1 heterocycles. The lowest BCUT2D eigenvalue weighted by molar-refractivity contribution is 0.0697. The van der Waals surface area contributed by atoms with Gasteiger partial charge in [0.2, 0.25) is 0 Å². The molecule has 0 amide bonds. The predicted molar refractivity (Wildman–Crippen MR) is 79.0 cm³/mol. The summed E-state index contributed by atoms with van der Waals surface area (Å²) >= 11 is 0. The quantitative estimate of drug-likeness (QED) is 0.882. The topological polar surface area (TPSA) is 71.2 Å². The number of nitrogens with zero attached hydrogens (tertiary/aromatic N) is 4. The van der Waals surface area contributed by atoms with E-state index in [-0.39, 0.29) is 0 Å². The van der Waals surface area contributed by atoms with Crippen molar-refractivity contribution in [2.24, 2.45) is 0 Å². The van der Waals surface area contributed by atoms with Crippen molar-refractivity contribution >= 4 is 5.97 Å². The second-order valence-electron chi connectivity index (χ2n) is 5.42. The molecule has 0 saturated carbocycles. The van der Waals surface area contributed by atoms with Crippen molar-refractivity contribution in [2.45, 2.75) is 33.0 Å². The number of hydrogen-bond donors (Lipinski definition) is 1. The van der Waals surface area contributed by atoms with Gasteiger partial charge in [-0.15, -0.1) is 10.2 Å². The lowest BCUT2D eigenvalue weighted by atomic mass is 10.1. The molecule has 6 heteroatoms. The normalized spacial score (nSPS) is 11.3. The monoisotopic (exact) mass is 288 g/mol. The first kappa shape index (κ1) is 15.2. The van der Waals surface area contributed by atoms with Crippen LogP contribution in [0.2, 0.25) is 0 Å². The van der Waals surface area contributed by atoms with Crippen LogP contribution in [-0.4, -0.2) is 37.8 Å². The van der Waals surface area contributed by atoms with E-state index in [1.165, 1.54) is 0 Å². The van der Waals surface area contributed by atoms with Crippen molar-refractivity contribution in [3.8, 4) is 0 Å². The van der Waals surface area contributed by atoms with Crippen LogP contribution in [0.3, 0.4) is 0 Å². The van der Waals surface area contributed by atoms with Gasteiger partial charge in [-0.2, -0.15) is 0 Å². The van der Waals surface area contributed by atoms with Crippen molar-refractivity contribution in [1.29, 1.82) is 0 Å². The number of aromatic nitrogens is 3. The van der Waals surface area contributed by atoms with E-state index in [2.05, 4.69) is 28.9 Å². The minimum atomic E-state index is -0.903. The van der Waals surface area contributed by atoms with E-state index >= 15 is 0 Å². The molecule has 112 valence electrons. The Kier molecular flexibility index (Phi) is 4.70. The number of hydrogen-bond acceptors (Lipinski definition) is 4. The summed E-state index contributed by atoms with van der Waals surface area (Å²) in [5.74, 6) is 0.0228. The van der Waals surface area contributed by atoms with Crippen molar-refractivity contribution < 1.29 is 9.90 Å². The van der Waals surface area contributed by atoms with E-state index in [1.54, 1.807) is 18.5 Å². The summed E-state index contributed by atoms with van der Waals surface area (Å²) in [5.41, 5.74) is 1.37. The van der Waals surface area contributed by atoms with Crippen molar-refractivity contribution in [2.75, 3.05) is 7.05 Å². The summed E-state index contributed by atoms with van der Waals surface area (Å²) in [5, 5.41) is 17.0. The predicted octanol–water partition coefficient (Wildman–Crippen LogP) is 2.19. The number of aromatic carboxylic acids is 1. The van der Waals surface area contributed by atoms with Crippen LogP contribution in [0.4, 0.5) is 0 Å². The third-order valence-electron chi connectivity index (χ3n) is 3.27. The molecule has 0 aliphatic rings. The van der Waals surface area contributed by atoms with Gasteiger partial charge in [0, 0.05) is 12.6 Å². The fraction of sp³-hybridized carbons (Fsp3) is 0.400. The molecule has 6 nitrogen and oxygen atoms in total. The molecule has 0 bridgehead atoms. The Labute approximate surface area is 124 Å². The van der Waals surface area contributed by atoms with E-state index in [4.69, 9.17) is 5.11 Å². The summed E-state index contributed by atoms with van der Waals surface area (Å²) in [6, 6.07) is 7.27. The second kappa shape index (κ2) is 6.49. The maximum absolute atomic E-state index is 10.8. The van der Waals surface area contributed by atoms with Gasteiger partial charge in [0.15, 0.2) is 0 Å². The zero-order valence-electron chi connectivity index (χ0n) is 12.5. The first-order valence-electron chi connectivity index (χ1n) is 6.86. The number of benzene rings is 1. The van der Waals surface area contributed by atoms with Gasteiger partial charge < -0.3 is 9.67 Å². The summed E-state index contributed by atoms with van der Waals surface area (Å²) < 4.78 is 2.05. The van der Waals surface area contributed by atoms with Gasteiger partial charge in [-0.25, -0.2) is 4.79 Å². The molecular weight excluding hydrogens is 268 g/mol. The maximum atomic E-state index is 10.8. The Bertz CT molecular complexity index is 604. The standard InChI is InChI=1S/C15H20N4O2/c1-11(2)19-10-16-17-14(19)9-18(3)8-12-4-6-13(7-5-12)15(20)21/h4-7,10-11H,8-9H2,1-3H3,(H,20,21). The number of rotatable bonds is 6. The largest absolute Gasteiger partial charge is 0.478 e. The van der Waals surface area contributed by atoms with Gasteiger partial charge >= 0.3 is 5.97 Å². The molecule has 0 aliphatic carbocycles. The molecule has 0 fully saturated rings. The highest BCUT2D eigenvalue weighted by atomic mass is 16.4. The van der Waals surface area contributed by atoms with Crippen molar-refractivity contribution in [3.63, 3.8) is 0 Å². The lowest BCUT2D eigenvalue weighted by Gasteiger charge is -2.18. The minimum Gasteiger partial charge on any atom is -0.478 e. The minimum absolute atomic E-state index is 0.306. The Morgan fingerprint density at radius 2 is 1.95 bits per heavy atom. The number of carboxylic acids is 1. The molecule has 0 aliphatic heterocycles. The third-order valence-corrected chi connectivity index (χ3v) is 3.27. The van der Waals surface area contributed by atoms with E-state index in [1.807, 2.05) is 23.7 Å². The van der Waals surface area contributed by atoms with Crippen LogP contribution < -0.4 is 0 Å². The van der Waals surface area contributed by atoms with Crippen molar-refractivity contribution in [1.82, 2.24) is 19.7 Å². The Morgan fingerprint density at radius 3 is 2.52 bits per heavy atom. The smallest absolute Gasteiger partial charge is 0.335 e. The summed E-state index contributed by atoms with van der Waals surface area (Å²) in [7, 11) is 2.00. The van der Waals surface area contributed by atoms with E-state index < -0.39 is 5.97 Å². The average Bonchev–Trinajstić information content (AvgIpc) is 2.87. The van der Waals surface area contributed by atoms with Crippen LogP contribution in [0.15, 0.2) is 30.6 Å². The molecule has 0 atom stereocenters. The van der Waals surface area contributed by atoms with Gasteiger partial charge in [-0.1, -0.05) is 12.1 Å². The second-order valence-corrected chi connectivity index (χ2v) is 5.42. The Hall–Kier alpha value is -2.21. The van der Waals surface area contributed by atoms with Crippen LogP contribution >= 0.6 is 0 Å². The fourth-order valence-electron chi connectivity index (χ4n) is 2.17. The Balaban J connectivity index is 1.99. The van der Waals surface area contributed by atoms with Gasteiger partial charge in [-0.05, 0) is 38.6 Å².